The number of amides is 1. The largest absolute Gasteiger partial charge is 0.505 e. The van der Waals surface area contributed by atoms with Gasteiger partial charge in [0.25, 0.3) is 5.91 Å². The molecule has 1 amide bonds. The normalized spacial score (nSPS) is 9.31. The number of aromatic hydroxyl groups is 1. The van der Waals surface area contributed by atoms with Gasteiger partial charge in [0.15, 0.2) is 5.69 Å². The summed E-state index contributed by atoms with van der Waals surface area (Å²) >= 11 is 0. The van der Waals surface area contributed by atoms with Crippen molar-refractivity contribution in [2.24, 2.45) is 0 Å². The van der Waals surface area contributed by atoms with Gasteiger partial charge in [0.1, 0.15) is 5.75 Å². The molecular formula is C10H16ClN3O2. The molecule has 0 spiro atoms. The molecule has 0 radical (unpaired) electrons. The fourth-order valence-corrected chi connectivity index (χ4v) is 1.10. The zero-order valence-electron chi connectivity index (χ0n) is 9.06. The van der Waals surface area contributed by atoms with E-state index in [1.807, 2.05) is 6.92 Å². The summed E-state index contributed by atoms with van der Waals surface area (Å²) in [5.74, 6) is -0.454. The molecule has 0 aromatic carbocycles. The van der Waals surface area contributed by atoms with Crippen molar-refractivity contribution in [3.63, 3.8) is 0 Å². The Balaban J connectivity index is 0.00000225. The van der Waals surface area contributed by atoms with Crippen molar-refractivity contribution in [3.05, 3.63) is 24.0 Å². The van der Waals surface area contributed by atoms with Crippen LogP contribution in [-0.4, -0.2) is 35.6 Å². The standard InChI is InChI=1S/C10H15N3O2.ClH/c1-2-11-6-7-13-10(15)9-8(14)4-3-5-12-9;/h3-5,11,14H,2,6-7H2,1H3,(H,13,15);1H. The van der Waals surface area contributed by atoms with Gasteiger partial charge in [0.2, 0.25) is 0 Å². The van der Waals surface area contributed by atoms with Crippen LogP contribution in [0.5, 0.6) is 5.75 Å². The second kappa shape index (κ2) is 7.90. The Bertz CT molecular complexity index is 334. The van der Waals surface area contributed by atoms with E-state index in [4.69, 9.17) is 0 Å². The van der Waals surface area contributed by atoms with Gasteiger partial charge in [-0.1, -0.05) is 6.92 Å². The molecule has 0 unspecified atom stereocenters. The van der Waals surface area contributed by atoms with E-state index >= 15 is 0 Å². The predicted octanol–water partition coefficient (Wildman–Crippen LogP) is 0.548. The molecule has 16 heavy (non-hydrogen) atoms. The van der Waals surface area contributed by atoms with Crippen LogP contribution in [0, 0.1) is 0 Å². The summed E-state index contributed by atoms with van der Waals surface area (Å²) in [4.78, 5) is 15.3. The number of pyridine rings is 1. The van der Waals surface area contributed by atoms with E-state index in [0.717, 1.165) is 6.54 Å². The third-order valence-corrected chi connectivity index (χ3v) is 1.84. The van der Waals surface area contributed by atoms with Crippen molar-refractivity contribution in [1.82, 2.24) is 15.6 Å². The molecule has 0 atom stereocenters. The number of halogens is 1. The number of likely N-dealkylation sites (N-methyl/N-ethyl adjacent to an activating group) is 1. The lowest BCUT2D eigenvalue weighted by molar-refractivity contribution is 0.0946. The molecule has 1 aromatic heterocycles. The summed E-state index contributed by atoms with van der Waals surface area (Å²) in [6.07, 6.45) is 1.47. The minimum atomic E-state index is -0.356. The smallest absolute Gasteiger partial charge is 0.273 e. The maximum absolute atomic E-state index is 11.5. The Hall–Kier alpha value is -1.33. The van der Waals surface area contributed by atoms with E-state index in [0.29, 0.717) is 13.1 Å². The molecule has 3 N–H and O–H groups in total. The first-order valence-corrected chi connectivity index (χ1v) is 4.88. The number of carbonyl (C=O) groups is 1. The number of aromatic nitrogens is 1. The fraction of sp³-hybridized carbons (Fsp3) is 0.400. The molecule has 0 aliphatic carbocycles. The monoisotopic (exact) mass is 245 g/mol. The van der Waals surface area contributed by atoms with Crippen LogP contribution < -0.4 is 10.6 Å². The highest BCUT2D eigenvalue weighted by Crippen LogP contribution is 2.11. The molecule has 1 rings (SSSR count). The van der Waals surface area contributed by atoms with E-state index in [1.54, 1.807) is 6.07 Å². The zero-order chi connectivity index (χ0) is 11.1. The Morgan fingerprint density at radius 3 is 2.88 bits per heavy atom. The molecule has 0 bridgehead atoms. The molecule has 0 aliphatic rings. The minimum absolute atomic E-state index is 0. The lowest BCUT2D eigenvalue weighted by Crippen LogP contribution is -2.32. The molecule has 6 heteroatoms. The van der Waals surface area contributed by atoms with E-state index in [1.165, 1.54) is 12.3 Å². The summed E-state index contributed by atoms with van der Waals surface area (Å²) in [6, 6.07) is 3.01. The van der Waals surface area contributed by atoms with Gasteiger partial charge < -0.3 is 15.7 Å². The van der Waals surface area contributed by atoms with Crippen molar-refractivity contribution in [2.75, 3.05) is 19.6 Å². The third kappa shape index (κ3) is 4.46. The SMILES string of the molecule is CCNCCNC(=O)c1ncccc1O.Cl. The first-order valence-electron chi connectivity index (χ1n) is 4.88. The van der Waals surface area contributed by atoms with Gasteiger partial charge in [0.05, 0.1) is 0 Å². The van der Waals surface area contributed by atoms with E-state index in [9.17, 15) is 9.90 Å². The average molecular weight is 246 g/mol. The highest BCUT2D eigenvalue weighted by molar-refractivity contribution is 5.94. The van der Waals surface area contributed by atoms with Gasteiger partial charge in [0, 0.05) is 19.3 Å². The second-order valence-electron chi connectivity index (χ2n) is 2.98. The first-order chi connectivity index (χ1) is 7.25. The van der Waals surface area contributed by atoms with Crippen molar-refractivity contribution < 1.29 is 9.90 Å². The van der Waals surface area contributed by atoms with Gasteiger partial charge in [-0.3, -0.25) is 4.79 Å². The van der Waals surface area contributed by atoms with Crippen LogP contribution in [0.25, 0.3) is 0 Å². The summed E-state index contributed by atoms with van der Waals surface area (Å²) in [5.41, 5.74) is 0.0639. The third-order valence-electron chi connectivity index (χ3n) is 1.84. The Morgan fingerprint density at radius 2 is 2.25 bits per heavy atom. The molecule has 0 saturated carbocycles. The number of nitrogens with zero attached hydrogens (tertiary/aromatic N) is 1. The first kappa shape index (κ1) is 14.7. The highest BCUT2D eigenvalue weighted by atomic mass is 35.5. The van der Waals surface area contributed by atoms with Crippen LogP contribution in [0.3, 0.4) is 0 Å². The van der Waals surface area contributed by atoms with Gasteiger partial charge in [-0.2, -0.15) is 0 Å². The zero-order valence-corrected chi connectivity index (χ0v) is 9.88. The lowest BCUT2D eigenvalue weighted by Gasteiger charge is -2.05. The van der Waals surface area contributed by atoms with Crippen molar-refractivity contribution >= 4 is 18.3 Å². The molecule has 1 aromatic rings. The van der Waals surface area contributed by atoms with Gasteiger partial charge in [-0.05, 0) is 18.7 Å². The van der Waals surface area contributed by atoms with Crippen LogP contribution in [0.2, 0.25) is 0 Å². The van der Waals surface area contributed by atoms with Gasteiger partial charge in [-0.15, -0.1) is 12.4 Å². The number of rotatable bonds is 5. The Kier molecular flexibility index (Phi) is 7.24. The Labute approximate surface area is 101 Å². The average Bonchev–Trinajstić information content (AvgIpc) is 2.25. The number of hydrogen-bond donors (Lipinski definition) is 3. The van der Waals surface area contributed by atoms with Crippen LogP contribution >= 0.6 is 12.4 Å². The summed E-state index contributed by atoms with van der Waals surface area (Å²) in [6.45, 7) is 4.08. The number of nitrogens with one attached hydrogen (secondary N) is 2. The Morgan fingerprint density at radius 1 is 1.50 bits per heavy atom. The van der Waals surface area contributed by atoms with Crippen LogP contribution in [-0.2, 0) is 0 Å². The van der Waals surface area contributed by atoms with Crippen molar-refractivity contribution in [3.8, 4) is 5.75 Å². The predicted molar refractivity (Wildman–Crippen MR) is 64.0 cm³/mol. The van der Waals surface area contributed by atoms with Gasteiger partial charge >= 0.3 is 0 Å². The molecule has 1 heterocycles. The summed E-state index contributed by atoms with van der Waals surface area (Å²) in [5, 5.41) is 15.1. The molecule has 0 aliphatic heterocycles. The topological polar surface area (TPSA) is 74.2 Å². The summed E-state index contributed by atoms with van der Waals surface area (Å²) < 4.78 is 0. The van der Waals surface area contributed by atoms with E-state index in [-0.39, 0.29) is 29.8 Å². The molecule has 90 valence electrons. The second-order valence-corrected chi connectivity index (χ2v) is 2.98. The van der Waals surface area contributed by atoms with Crippen LogP contribution in [0.1, 0.15) is 17.4 Å². The highest BCUT2D eigenvalue weighted by Gasteiger charge is 2.10. The van der Waals surface area contributed by atoms with Crippen molar-refractivity contribution in [2.45, 2.75) is 6.92 Å². The minimum Gasteiger partial charge on any atom is -0.505 e. The number of carbonyl (C=O) groups excluding carboxylic acids is 1. The summed E-state index contributed by atoms with van der Waals surface area (Å²) in [7, 11) is 0. The maximum Gasteiger partial charge on any atom is 0.273 e. The number of hydrogen-bond acceptors (Lipinski definition) is 4. The van der Waals surface area contributed by atoms with Crippen LogP contribution in [0.4, 0.5) is 0 Å². The molecule has 0 saturated heterocycles. The van der Waals surface area contributed by atoms with E-state index in [2.05, 4.69) is 15.6 Å². The molecule has 0 fully saturated rings. The van der Waals surface area contributed by atoms with E-state index < -0.39 is 0 Å². The van der Waals surface area contributed by atoms with Crippen LogP contribution in [0.15, 0.2) is 18.3 Å². The maximum atomic E-state index is 11.5. The van der Waals surface area contributed by atoms with Gasteiger partial charge in [-0.25, -0.2) is 4.98 Å². The lowest BCUT2D eigenvalue weighted by atomic mass is 10.3. The van der Waals surface area contributed by atoms with Crippen molar-refractivity contribution in [1.29, 1.82) is 0 Å². The molecule has 5 nitrogen and oxygen atoms in total. The quantitative estimate of drug-likeness (QED) is 0.663. The fourth-order valence-electron chi connectivity index (χ4n) is 1.10. The molecular weight excluding hydrogens is 230 g/mol.